The SMILES string of the molecule is C1=Nc2ccccc2C1.c1ccc(C(=C(c2ccccc2)c2ccccc2)c2ccccc2)cc1.c1ccc(N(c2ccccc2)c2ccccc2)cc1.c1ccc2c(c1)[nH]c1ccccc12. The number of hydrogen-bond donors (Lipinski definition) is 1. The molecule has 0 atom stereocenters. The lowest BCUT2D eigenvalue weighted by Gasteiger charge is -2.25. The predicted octanol–water partition coefficient (Wildman–Crippen LogP) is 17.1. The Morgan fingerprint density at radius 2 is 0.612 bits per heavy atom. The summed E-state index contributed by atoms with van der Waals surface area (Å²) in [6.07, 6.45) is 2.96. The standard InChI is InChI=1S/C26H20.C18H15N.C12H9N.C8H7N/c1-5-13-21(14-6-1)25(22-15-7-2-8-16-22)26(23-17-9-3-10-18-23)24-19-11-4-12-20-24;1-4-10-16(11-5-1)19(17-12-6-2-7-13-17)18-14-8-3-9-15-18;1-3-7-11-9(5-1)10-6-2-4-8-12(10)13-11;1-2-4-8-7(3-1)5-6-9-8/h1-20H;1-15H;1-8,13H;1-4,6H,5H2. The molecular formula is C64H51N3. The lowest BCUT2D eigenvalue weighted by Crippen LogP contribution is -2.09. The second kappa shape index (κ2) is 22.2. The number of fused-ring (bicyclic) bond motifs is 4. The summed E-state index contributed by atoms with van der Waals surface area (Å²) in [7, 11) is 0. The molecule has 3 heteroatoms. The van der Waals surface area contributed by atoms with Gasteiger partial charge in [-0.15, -0.1) is 0 Å². The number of nitrogens with zero attached hydrogens (tertiary/aromatic N) is 2. The zero-order chi connectivity index (χ0) is 45.3. The molecule has 1 aliphatic rings. The van der Waals surface area contributed by atoms with E-state index >= 15 is 0 Å². The van der Waals surface area contributed by atoms with Crippen molar-refractivity contribution in [2.24, 2.45) is 4.99 Å². The van der Waals surface area contributed by atoms with E-state index in [0.717, 1.165) is 12.1 Å². The summed E-state index contributed by atoms with van der Waals surface area (Å²) in [4.78, 5) is 9.80. The highest BCUT2D eigenvalue weighted by Gasteiger charge is 2.16. The fraction of sp³-hybridized carbons (Fsp3) is 0.0156. The van der Waals surface area contributed by atoms with E-state index in [1.165, 1.54) is 77.8 Å². The van der Waals surface area contributed by atoms with Crippen molar-refractivity contribution in [2.45, 2.75) is 6.42 Å². The molecule has 11 aromatic rings. The molecule has 0 aliphatic carbocycles. The van der Waals surface area contributed by atoms with Gasteiger partial charge in [0.15, 0.2) is 0 Å². The Morgan fingerprint density at radius 3 is 0.970 bits per heavy atom. The van der Waals surface area contributed by atoms with Crippen LogP contribution in [0.15, 0.2) is 290 Å². The molecule has 12 rings (SSSR count). The van der Waals surface area contributed by atoms with Crippen molar-refractivity contribution >= 4 is 61.9 Å². The average Bonchev–Trinajstić information content (AvgIpc) is 4.06. The van der Waals surface area contributed by atoms with Crippen molar-refractivity contribution in [3.05, 3.63) is 313 Å². The number of anilines is 3. The third kappa shape index (κ3) is 10.9. The molecule has 10 aromatic carbocycles. The summed E-state index contributed by atoms with van der Waals surface area (Å²) in [6, 6.07) is 98.8. The van der Waals surface area contributed by atoms with Crippen molar-refractivity contribution in [1.82, 2.24) is 4.98 Å². The maximum Gasteiger partial charge on any atom is 0.0661 e. The lowest BCUT2D eigenvalue weighted by molar-refractivity contribution is 1.28. The fourth-order valence-corrected chi connectivity index (χ4v) is 8.36. The van der Waals surface area contributed by atoms with Crippen LogP contribution in [0.2, 0.25) is 0 Å². The first-order chi connectivity index (χ1) is 33.3. The van der Waals surface area contributed by atoms with E-state index < -0.39 is 0 Å². The van der Waals surface area contributed by atoms with Crippen molar-refractivity contribution < 1.29 is 0 Å². The fourth-order valence-electron chi connectivity index (χ4n) is 8.36. The zero-order valence-electron chi connectivity index (χ0n) is 37.3. The number of aromatic nitrogens is 1. The highest BCUT2D eigenvalue weighted by Crippen LogP contribution is 2.37. The minimum absolute atomic E-state index is 1.01. The Kier molecular flexibility index (Phi) is 14.4. The first kappa shape index (κ1) is 43.5. The Bertz CT molecular complexity index is 2960. The topological polar surface area (TPSA) is 31.4 Å². The third-order valence-electron chi connectivity index (χ3n) is 11.5. The Hall–Kier alpha value is -8.79. The smallest absolute Gasteiger partial charge is 0.0661 e. The number of aliphatic imine (C=N–C) groups is 1. The summed E-state index contributed by atoms with van der Waals surface area (Å²) < 4.78 is 0. The molecule has 0 saturated heterocycles. The number of benzene rings is 10. The molecule has 67 heavy (non-hydrogen) atoms. The van der Waals surface area contributed by atoms with Gasteiger partial charge in [0.05, 0.1) is 5.69 Å². The minimum atomic E-state index is 1.01. The molecule has 1 aromatic heterocycles. The minimum Gasteiger partial charge on any atom is -0.355 e. The number of hydrogen-bond acceptors (Lipinski definition) is 2. The normalized spacial score (nSPS) is 10.9. The van der Waals surface area contributed by atoms with Crippen LogP contribution in [0.5, 0.6) is 0 Å². The molecule has 0 radical (unpaired) electrons. The van der Waals surface area contributed by atoms with Crippen molar-refractivity contribution in [3.8, 4) is 0 Å². The lowest BCUT2D eigenvalue weighted by atomic mass is 9.86. The van der Waals surface area contributed by atoms with Gasteiger partial charge in [-0.25, -0.2) is 0 Å². The molecule has 0 spiro atoms. The van der Waals surface area contributed by atoms with Crippen LogP contribution in [-0.4, -0.2) is 11.2 Å². The molecule has 1 aliphatic heterocycles. The Labute approximate surface area is 394 Å². The quantitative estimate of drug-likeness (QED) is 0.159. The number of nitrogens with one attached hydrogen (secondary N) is 1. The van der Waals surface area contributed by atoms with E-state index in [1.807, 2.05) is 42.6 Å². The van der Waals surface area contributed by atoms with Gasteiger partial charge in [0.25, 0.3) is 0 Å². The molecule has 1 N–H and O–H groups in total. The largest absolute Gasteiger partial charge is 0.355 e. The molecule has 0 fully saturated rings. The second-order valence-corrected chi connectivity index (χ2v) is 15.9. The van der Waals surface area contributed by atoms with Crippen LogP contribution in [0, 0.1) is 0 Å². The van der Waals surface area contributed by atoms with Gasteiger partial charge in [-0.05, 0) is 93.6 Å². The van der Waals surface area contributed by atoms with E-state index in [9.17, 15) is 0 Å². The van der Waals surface area contributed by atoms with Crippen LogP contribution >= 0.6 is 0 Å². The third-order valence-corrected chi connectivity index (χ3v) is 11.5. The maximum atomic E-state index is 4.17. The van der Waals surface area contributed by atoms with Gasteiger partial charge in [0.2, 0.25) is 0 Å². The van der Waals surface area contributed by atoms with Crippen molar-refractivity contribution in [2.75, 3.05) is 4.90 Å². The summed E-state index contributed by atoms with van der Waals surface area (Å²) in [6.45, 7) is 0. The number of H-pyrrole nitrogens is 1. The van der Waals surface area contributed by atoms with Gasteiger partial charge in [0.1, 0.15) is 0 Å². The molecule has 0 unspecified atom stereocenters. The van der Waals surface area contributed by atoms with E-state index in [4.69, 9.17) is 0 Å². The second-order valence-electron chi connectivity index (χ2n) is 15.9. The van der Waals surface area contributed by atoms with Crippen LogP contribution in [0.1, 0.15) is 27.8 Å². The van der Waals surface area contributed by atoms with E-state index in [0.29, 0.717) is 0 Å². The zero-order valence-corrected chi connectivity index (χ0v) is 37.3. The van der Waals surface area contributed by atoms with Gasteiger partial charge < -0.3 is 9.88 Å². The van der Waals surface area contributed by atoms with E-state index in [1.54, 1.807) is 0 Å². The van der Waals surface area contributed by atoms with Gasteiger partial charge in [-0.1, -0.05) is 231 Å². The van der Waals surface area contributed by atoms with Crippen LogP contribution in [0.4, 0.5) is 22.7 Å². The highest BCUT2D eigenvalue weighted by molar-refractivity contribution is 6.07. The summed E-state index contributed by atoms with van der Waals surface area (Å²) in [5, 5.41) is 2.61. The number of rotatable bonds is 7. The Morgan fingerprint density at radius 1 is 0.313 bits per heavy atom. The van der Waals surface area contributed by atoms with Crippen LogP contribution in [-0.2, 0) is 6.42 Å². The maximum absolute atomic E-state index is 4.17. The van der Waals surface area contributed by atoms with Gasteiger partial charge in [0, 0.05) is 51.5 Å². The molecule has 0 bridgehead atoms. The van der Waals surface area contributed by atoms with Crippen molar-refractivity contribution in [3.63, 3.8) is 0 Å². The van der Waals surface area contributed by atoms with Gasteiger partial charge in [-0.3, -0.25) is 4.99 Å². The molecule has 0 saturated carbocycles. The van der Waals surface area contributed by atoms with Gasteiger partial charge >= 0.3 is 0 Å². The summed E-state index contributed by atoms with van der Waals surface area (Å²) in [5.74, 6) is 0. The van der Waals surface area contributed by atoms with E-state index in [-0.39, 0.29) is 0 Å². The van der Waals surface area contributed by atoms with Crippen LogP contribution in [0.25, 0.3) is 33.0 Å². The number of aromatic amines is 1. The first-order valence-electron chi connectivity index (χ1n) is 22.8. The van der Waals surface area contributed by atoms with Crippen LogP contribution in [0.3, 0.4) is 0 Å². The van der Waals surface area contributed by atoms with Crippen LogP contribution < -0.4 is 4.90 Å². The van der Waals surface area contributed by atoms with Crippen molar-refractivity contribution in [1.29, 1.82) is 0 Å². The molecule has 0 amide bonds. The Balaban J connectivity index is 0.000000120. The molecule has 2 heterocycles. The summed E-state index contributed by atoms with van der Waals surface area (Å²) >= 11 is 0. The summed E-state index contributed by atoms with van der Waals surface area (Å²) in [5.41, 5.74) is 15.8. The predicted molar refractivity (Wildman–Crippen MR) is 286 cm³/mol. The highest BCUT2D eigenvalue weighted by atomic mass is 15.1. The van der Waals surface area contributed by atoms with E-state index in [2.05, 4.69) is 264 Å². The molecular weight excluding hydrogens is 811 g/mol. The monoisotopic (exact) mass is 861 g/mol. The van der Waals surface area contributed by atoms with Gasteiger partial charge in [-0.2, -0.15) is 0 Å². The molecule has 3 nitrogen and oxygen atoms in total. The first-order valence-corrected chi connectivity index (χ1v) is 22.8. The molecule has 322 valence electrons. The average molecular weight is 862 g/mol. The number of para-hydroxylation sites is 6.